The molecule has 0 spiro atoms. The fourth-order valence-electron chi connectivity index (χ4n) is 5.39. The number of aryl methyl sites for hydroxylation is 1. The van der Waals surface area contributed by atoms with E-state index in [4.69, 9.17) is 9.47 Å². The van der Waals surface area contributed by atoms with E-state index in [9.17, 15) is 4.79 Å². The van der Waals surface area contributed by atoms with Gasteiger partial charge >= 0.3 is 0 Å². The van der Waals surface area contributed by atoms with Crippen molar-refractivity contribution in [2.45, 2.75) is 45.1 Å². The van der Waals surface area contributed by atoms with E-state index in [1.165, 1.54) is 30.4 Å². The Labute approximate surface area is 213 Å². The minimum Gasteiger partial charge on any atom is -0.497 e. The van der Waals surface area contributed by atoms with Crippen LogP contribution in [0.25, 0.3) is 10.9 Å². The van der Waals surface area contributed by atoms with Gasteiger partial charge in [-0.05, 0) is 66.8 Å². The molecule has 0 radical (unpaired) electrons. The van der Waals surface area contributed by atoms with E-state index in [1.54, 1.807) is 14.2 Å². The number of nitrogens with one attached hydrogen (secondary N) is 1. The molecule has 1 aromatic heterocycles. The Morgan fingerprint density at radius 1 is 1.00 bits per heavy atom. The number of para-hydroxylation sites is 1. The Kier molecular flexibility index (Phi) is 6.99. The largest absolute Gasteiger partial charge is 0.497 e. The van der Waals surface area contributed by atoms with E-state index in [0.717, 1.165) is 52.1 Å². The lowest BCUT2D eigenvalue weighted by Crippen LogP contribution is -2.40. The third-order valence-electron chi connectivity index (χ3n) is 7.30. The lowest BCUT2D eigenvalue weighted by Gasteiger charge is -2.37. The van der Waals surface area contributed by atoms with Crippen LogP contribution in [0.3, 0.4) is 0 Å². The van der Waals surface area contributed by atoms with Crippen molar-refractivity contribution >= 4 is 16.8 Å². The molecule has 0 bridgehead atoms. The number of H-pyrrole nitrogens is 1. The molecule has 2 heterocycles. The fourth-order valence-corrected chi connectivity index (χ4v) is 5.39. The van der Waals surface area contributed by atoms with E-state index in [0.29, 0.717) is 6.54 Å². The quantitative estimate of drug-likeness (QED) is 0.284. The number of unbranched alkanes of at least 4 members (excludes halogenated alkanes) is 2. The van der Waals surface area contributed by atoms with Gasteiger partial charge in [-0.15, -0.1) is 0 Å². The lowest BCUT2D eigenvalue weighted by molar-refractivity contribution is 0.0690. The molecule has 0 saturated carbocycles. The molecule has 3 aromatic carbocycles. The average molecular weight is 483 g/mol. The van der Waals surface area contributed by atoms with Gasteiger partial charge in [-0.2, -0.15) is 0 Å². The van der Waals surface area contributed by atoms with Gasteiger partial charge in [0.25, 0.3) is 5.91 Å². The minimum absolute atomic E-state index is 0.0351. The number of hydrogen-bond acceptors (Lipinski definition) is 3. The standard InChI is InChI=1S/C31H34N2O3/c1-4-5-6-9-21-12-14-22(15-13-21)31(34)33-19-18-24-26-20-23(35-2)16-17-27(26)32-29(24)30(33)25-10-7-8-11-28(25)36-3/h7-8,10-17,20,30,32H,4-6,9,18-19H2,1-3H3/t30-/m1/s1. The second kappa shape index (κ2) is 10.5. The molecule has 0 aliphatic carbocycles. The molecule has 1 N–H and O–H groups in total. The summed E-state index contributed by atoms with van der Waals surface area (Å²) in [5.41, 5.74) is 6.30. The SMILES string of the molecule is CCCCCc1ccc(C(=O)N2CCc3c([nH]c4ccc(OC)cc34)[C@H]2c2ccccc2OC)cc1. The summed E-state index contributed by atoms with van der Waals surface area (Å²) in [5.74, 6) is 1.64. The van der Waals surface area contributed by atoms with Crippen molar-refractivity contribution in [3.63, 3.8) is 0 Å². The minimum atomic E-state index is -0.278. The summed E-state index contributed by atoms with van der Waals surface area (Å²) in [5, 5.41) is 1.15. The van der Waals surface area contributed by atoms with Crippen molar-refractivity contribution in [3.05, 3.63) is 94.7 Å². The van der Waals surface area contributed by atoms with Crippen LogP contribution in [0.1, 0.15) is 65.0 Å². The zero-order chi connectivity index (χ0) is 25.1. The van der Waals surface area contributed by atoms with Crippen LogP contribution in [0.4, 0.5) is 0 Å². The maximum atomic E-state index is 13.9. The van der Waals surface area contributed by atoms with E-state index in [2.05, 4.69) is 42.2 Å². The highest BCUT2D eigenvalue weighted by molar-refractivity contribution is 5.96. The van der Waals surface area contributed by atoms with E-state index in [1.807, 2.05) is 41.3 Å². The smallest absolute Gasteiger partial charge is 0.254 e. The Bertz CT molecular complexity index is 1360. The summed E-state index contributed by atoms with van der Waals surface area (Å²) in [6.45, 7) is 2.84. The number of benzene rings is 3. The molecule has 1 aliphatic heterocycles. The number of hydrogen-bond donors (Lipinski definition) is 1. The number of rotatable bonds is 8. The summed E-state index contributed by atoms with van der Waals surface area (Å²) in [6.07, 6.45) is 5.44. The van der Waals surface area contributed by atoms with Crippen molar-refractivity contribution in [3.8, 4) is 11.5 Å². The second-order valence-corrected chi connectivity index (χ2v) is 9.48. The number of nitrogens with zero attached hydrogens (tertiary/aromatic N) is 1. The third-order valence-corrected chi connectivity index (χ3v) is 7.30. The van der Waals surface area contributed by atoms with Crippen molar-refractivity contribution < 1.29 is 14.3 Å². The Hall–Kier alpha value is -3.73. The molecule has 0 fully saturated rings. The summed E-state index contributed by atoms with van der Waals surface area (Å²) < 4.78 is 11.2. The van der Waals surface area contributed by atoms with Crippen LogP contribution in [0.2, 0.25) is 0 Å². The zero-order valence-electron chi connectivity index (χ0n) is 21.3. The Balaban J connectivity index is 1.55. The third kappa shape index (κ3) is 4.46. The zero-order valence-corrected chi connectivity index (χ0v) is 21.3. The first-order valence-electron chi connectivity index (χ1n) is 12.9. The molecular formula is C31H34N2O3. The van der Waals surface area contributed by atoms with Gasteiger partial charge in [-0.3, -0.25) is 4.79 Å². The molecule has 5 rings (SSSR count). The summed E-state index contributed by atoms with van der Waals surface area (Å²) in [6, 6.07) is 22.0. The van der Waals surface area contributed by atoms with Crippen molar-refractivity contribution in [1.82, 2.24) is 9.88 Å². The first-order chi connectivity index (χ1) is 17.6. The van der Waals surface area contributed by atoms with Crippen LogP contribution >= 0.6 is 0 Å². The van der Waals surface area contributed by atoms with Gasteiger partial charge in [0.2, 0.25) is 0 Å². The lowest BCUT2D eigenvalue weighted by atomic mass is 9.91. The van der Waals surface area contributed by atoms with Crippen LogP contribution in [0.15, 0.2) is 66.7 Å². The van der Waals surface area contributed by atoms with Gasteiger partial charge in [0.05, 0.1) is 14.2 Å². The summed E-state index contributed by atoms with van der Waals surface area (Å²) in [7, 11) is 3.37. The molecule has 0 saturated heterocycles. The molecule has 186 valence electrons. The highest BCUT2D eigenvalue weighted by Crippen LogP contribution is 2.42. The van der Waals surface area contributed by atoms with Crippen LogP contribution in [-0.4, -0.2) is 36.6 Å². The normalized spacial score (nSPS) is 15.1. The number of carbonyl (C=O) groups is 1. The molecule has 0 unspecified atom stereocenters. The van der Waals surface area contributed by atoms with Crippen molar-refractivity contribution in [1.29, 1.82) is 0 Å². The number of aromatic nitrogens is 1. The average Bonchev–Trinajstić information content (AvgIpc) is 3.30. The number of ether oxygens (including phenoxy) is 2. The molecular weight excluding hydrogens is 448 g/mol. The predicted octanol–water partition coefficient (Wildman–Crippen LogP) is 6.71. The van der Waals surface area contributed by atoms with Crippen LogP contribution in [0, 0.1) is 0 Å². The highest BCUT2D eigenvalue weighted by Gasteiger charge is 2.36. The fraction of sp³-hybridized carbons (Fsp3) is 0.323. The van der Waals surface area contributed by atoms with Gasteiger partial charge in [0.15, 0.2) is 0 Å². The summed E-state index contributed by atoms with van der Waals surface area (Å²) in [4.78, 5) is 19.6. The van der Waals surface area contributed by atoms with Crippen LogP contribution in [-0.2, 0) is 12.8 Å². The monoisotopic (exact) mass is 482 g/mol. The van der Waals surface area contributed by atoms with E-state index in [-0.39, 0.29) is 11.9 Å². The van der Waals surface area contributed by atoms with Gasteiger partial charge in [-0.25, -0.2) is 0 Å². The molecule has 1 amide bonds. The number of carbonyl (C=O) groups excluding carboxylic acids is 1. The van der Waals surface area contributed by atoms with Gasteiger partial charge in [0, 0.05) is 34.3 Å². The maximum Gasteiger partial charge on any atom is 0.254 e. The summed E-state index contributed by atoms with van der Waals surface area (Å²) >= 11 is 0. The number of fused-ring (bicyclic) bond motifs is 3. The highest BCUT2D eigenvalue weighted by atomic mass is 16.5. The van der Waals surface area contributed by atoms with E-state index < -0.39 is 0 Å². The Morgan fingerprint density at radius 2 is 1.81 bits per heavy atom. The number of amides is 1. The molecule has 1 atom stereocenters. The molecule has 1 aliphatic rings. The second-order valence-electron chi connectivity index (χ2n) is 9.48. The topological polar surface area (TPSA) is 54.6 Å². The van der Waals surface area contributed by atoms with E-state index >= 15 is 0 Å². The van der Waals surface area contributed by atoms with Crippen LogP contribution < -0.4 is 9.47 Å². The van der Waals surface area contributed by atoms with Crippen molar-refractivity contribution in [2.24, 2.45) is 0 Å². The number of aromatic amines is 1. The van der Waals surface area contributed by atoms with Crippen LogP contribution in [0.5, 0.6) is 11.5 Å². The van der Waals surface area contributed by atoms with Gasteiger partial charge in [0.1, 0.15) is 17.5 Å². The maximum absolute atomic E-state index is 13.9. The number of methoxy groups -OCH3 is 2. The molecule has 36 heavy (non-hydrogen) atoms. The Morgan fingerprint density at radius 3 is 2.56 bits per heavy atom. The first-order valence-corrected chi connectivity index (χ1v) is 12.9. The molecule has 4 aromatic rings. The molecule has 5 heteroatoms. The van der Waals surface area contributed by atoms with Gasteiger partial charge < -0.3 is 19.4 Å². The van der Waals surface area contributed by atoms with Crippen molar-refractivity contribution in [2.75, 3.05) is 20.8 Å². The van der Waals surface area contributed by atoms with Gasteiger partial charge in [-0.1, -0.05) is 50.1 Å². The predicted molar refractivity (Wildman–Crippen MR) is 144 cm³/mol. The molecule has 5 nitrogen and oxygen atoms in total. The first kappa shape index (κ1) is 24.0.